The molecule has 0 amide bonds. The van der Waals surface area contributed by atoms with E-state index in [0.717, 1.165) is 0 Å². The van der Waals surface area contributed by atoms with Crippen LogP contribution >= 0.6 is 0 Å². The zero-order valence-electron chi connectivity index (χ0n) is 10.3. The summed E-state index contributed by atoms with van der Waals surface area (Å²) < 4.78 is 36.8. The van der Waals surface area contributed by atoms with Crippen LogP contribution in [0.5, 0.6) is 0 Å². The lowest BCUT2D eigenvalue weighted by molar-refractivity contribution is 0.0476. The van der Waals surface area contributed by atoms with Gasteiger partial charge in [0, 0.05) is 13.2 Å². The van der Waals surface area contributed by atoms with Crippen molar-refractivity contribution in [1.82, 2.24) is 14.8 Å². The van der Waals surface area contributed by atoms with Crippen molar-refractivity contribution in [3.05, 3.63) is 23.7 Å². The van der Waals surface area contributed by atoms with E-state index in [1.54, 1.807) is 14.0 Å². The summed E-state index contributed by atoms with van der Waals surface area (Å²) in [5.74, 6) is -1.63. The Labute approximate surface area is 107 Å². The second kappa shape index (κ2) is 5.17. The van der Waals surface area contributed by atoms with Crippen LogP contribution in [-0.4, -0.2) is 27.3 Å². The molecule has 0 fully saturated rings. The molecule has 0 bridgehead atoms. The average Bonchev–Trinajstić information content (AvgIpc) is 2.94. The lowest BCUT2D eigenvalue weighted by Gasteiger charge is -1.99. The van der Waals surface area contributed by atoms with E-state index in [0.29, 0.717) is 5.69 Å². The highest BCUT2D eigenvalue weighted by Gasteiger charge is 2.28. The van der Waals surface area contributed by atoms with E-state index in [1.165, 1.54) is 16.9 Å². The lowest BCUT2D eigenvalue weighted by Crippen LogP contribution is -2.06. The van der Waals surface area contributed by atoms with Crippen LogP contribution < -0.4 is 0 Å². The number of ether oxygens (including phenoxy) is 1. The molecule has 0 aliphatic carbocycles. The van der Waals surface area contributed by atoms with Gasteiger partial charge in [-0.3, -0.25) is 4.68 Å². The summed E-state index contributed by atoms with van der Waals surface area (Å²) in [6.45, 7) is 1.63. The van der Waals surface area contributed by atoms with Crippen molar-refractivity contribution in [3.8, 4) is 11.6 Å². The maximum Gasteiger partial charge on any atom is 0.376 e. The largest absolute Gasteiger partial charge is 0.460 e. The van der Waals surface area contributed by atoms with Crippen molar-refractivity contribution in [3.63, 3.8) is 0 Å². The van der Waals surface area contributed by atoms with Gasteiger partial charge in [-0.05, 0) is 13.0 Å². The van der Waals surface area contributed by atoms with E-state index >= 15 is 0 Å². The van der Waals surface area contributed by atoms with Crippen molar-refractivity contribution in [2.75, 3.05) is 6.61 Å². The second-order valence-electron chi connectivity index (χ2n) is 3.59. The SMILES string of the molecule is CCOC(=O)c1oc(-c2ccnn2C)nc1C(F)F. The maximum atomic E-state index is 12.8. The number of carbonyl (C=O) groups excluding carboxylic acids is 1. The van der Waals surface area contributed by atoms with E-state index in [1.807, 2.05) is 0 Å². The first-order valence-corrected chi connectivity index (χ1v) is 5.49. The summed E-state index contributed by atoms with van der Waals surface area (Å²) in [4.78, 5) is 15.2. The van der Waals surface area contributed by atoms with Gasteiger partial charge in [-0.1, -0.05) is 0 Å². The van der Waals surface area contributed by atoms with E-state index in [4.69, 9.17) is 4.42 Å². The maximum absolute atomic E-state index is 12.8. The third kappa shape index (κ3) is 2.47. The van der Waals surface area contributed by atoms with Crippen LogP contribution in [0.3, 0.4) is 0 Å². The molecule has 2 aromatic heterocycles. The van der Waals surface area contributed by atoms with Crippen molar-refractivity contribution in [2.24, 2.45) is 7.05 Å². The van der Waals surface area contributed by atoms with Gasteiger partial charge in [0.2, 0.25) is 11.7 Å². The van der Waals surface area contributed by atoms with E-state index in [9.17, 15) is 13.6 Å². The summed E-state index contributed by atoms with van der Waals surface area (Å²) in [7, 11) is 1.60. The van der Waals surface area contributed by atoms with Gasteiger partial charge in [0.15, 0.2) is 5.69 Å². The van der Waals surface area contributed by atoms with E-state index in [2.05, 4.69) is 14.8 Å². The fourth-order valence-electron chi connectivity index (χ4n) is 1.52. The Morgan fingerprint density at radius 3 is 2.84 bits per heavy atom. The molecule has 0 spiro atoms. The molecule has 0 saturated heterocycles. The molecule has 0 aliphatic heterocycles. The molecule has 0 aromatic carbocycles. The number of rotatable bonds is 4. The molecule has 6 nitrogen and oxygen atoms in total. The number of nitrogens with zero attached hydrogens (tertiary/aromatic N) is 3. The molecule has 19 heavy (non-hydrogen) atoms. The van der Waals surface area contributed by atoms with Crippen LogP contribution in [0.15, 0.2) is 16.7 Å². The molecule has 0 unspecified atom stereocenters. The number of aryl methyl sites for hydroxylation is 1. The number of alkyl halides is 2. The predicted molar refractivity (Wildman–Crippen MR) is 59.6 cm³/mol. The number of carbonyl (C=O) groups is 1. The molecule has 102 valence electrons. The fraction of sp³-hybridized carbons (Fsp3) is 0.364. The minimum Gasteiger partial charge on any atom is -0.460 e. The molecule has 2 aromatic rings. The van der Waals surface area contributed by atoms with Crippen molar-refractivity contribution in [2.45, 2.75) is 13.3 Å². The lowest BCUT2D eigenvalue weighted by atomic mass is 10.3. The number of hydrogen-bond donors (Lipinski definition) is 0. The van der Waals surface area contributed by atoms with Crippen LogP contribution in [0.25, 0.3) is 11.6 Å². The van der Waals surface area contributed by atoms with Crippen LogP contribution in [0, 0.1) is 0 Å². The number of hydrogen-bond acceptors (Lipinski definition) is 5. The van der Waals surface area contributed by atoms with Gasteiger partial charge >= 0.3 is 5.97 Å². The Balaban J connectivity index is 2.46. The number of halogens is 2. The highest BCUT2D eigenvalue weighted by Crippen LogP contribution is 2.28. The quantitative estimate of drug-likeness (QED) is 0.797. The van der Waals surface area contributed by atoms with Gasteiger partial charge in [-0.15, -0.1) is 0 Å². The van der Waals surface area contributed by atoms with Gasteiger partial charge in [0.25, 0.3) is 6.43 Å². The zero-order valence-corrected chi connectivity index (χ0v) is 10.3. The first-order chi connectivity index (χ1) is 9.04. The molecular formula is C11H11F2N3O3. The minimum absolute atomic E-state index is 0.0588. The summed E-state index contributed by atoms with van der Waals surface area (Å²) >= 11 is 0. The molecule has 2 rings (SSSR count). The first-order valence-electron chi connectivity index (χ1n) is 5.49. The monoisotopic (exact) mass is 271 g/mol. The normalized spacial score (nSPS) is 11.0. The van der Waals surface area contributed by atoms with Gasteiger partial charge in [-0.25, -0.2) is 18.6 Å². The third-order valence-electron chi connectivity index (χ3n) is 2.36. The van der Waals surface area contributed by atoms with Gasteiger partial charge in [0.1, 0.15) is 5.69 Å². The summed E-state index contributed by atoms with van der Waals surface area (Å²) in [6.07, 6.45) is -1.46. The Kier molecular flexibility index (Phi) is 3.59. The second-order valence-corrected chi connectivity index (χ2v) is 3.59. The van der Waals surface area contributed by atoms with E-state index in [-0.39, 0.29) is 12.5 Å². The molecule has 0 atom stereocenters. The van der Waals surface area contributed by atoms with Gasteiger partial charge < -0.3 is 9.15 Å². The summed E-state index contributed by atoms with van der Waals surface area (Å²) in [5.41, 5.74) is -0.341. The topological polar surface area (TPSA) is 70.2 Å². The van der Waals surface area contributed by atoms with Gasteiger partial charge in [0.05, 0.1) is 6.61 Å². The highest BCUT2D eigenvalue weighted by molar-refractivity contribution is 5.88. The standard InChI is InChI=1S/C11H11F2N3O3/c1-3-18-11(17)8-7(9(12)13)15-10(19-8)6-4-5-14-16(6)2/h4-5,9H,3H2,1-2H3. The zero-order chi connectivity index (χ0) is 14.0. The molecule has 8 heteroatoms. The molecule has 2 heterocycles. The van der Waals surface area contributed by atoms with E-state index < -0.39 is 23.8 Å². The van der Waals surface area contributed by atoms with Crippen LogP contribution in [0.4, 0.5) is 8.78 Å². The Hall–Kier alpha value is -2.25. The van der Waals surface area contributed by atoms with Crippen LogP contribution in [0.2, 0.25) is 0 Å². The smallest absolute Gasteiger partial charge is 0.376 e. The minimum atomic E-state index is -2.93. The third-order valence-corrected chi connectivity index (χ3v) is 2.36. The van der Waals surface area contributed by atoms with Crippen molar-refractivity contribution in [1.29, 1.82) is 0 Å². The molecule has 0 saturated carbocycles. The molecular weight excluding hydrogens is 260 g/mol. The van der Waals surface area contributed by atoms with Crippen molar-refractivity contribution < 1.29 is 22.7 Å². The number of aromatic nitrogens is 3. The number of oxazole rings is 1. The summed E-state index contributed by atoms with van der Waals surface area (Å²) in [6, 6.07) is 1.54. The highest BCUT2D eigenvalue weighted by atomic mass is 19.3. The number of esters is 1. The molecule has 0 radical (unpaired) electrons. The Morgan fingerprint density at radius 2 is 2.32 bits per heavy atom. The fourth-order valence-corrected chi connectivity index (χ4v) is 1.52. The Morgan fingerprint density at radius 1 is 1.58 bits per heavy atom. The average molecular weight is 271 g/mol. The Bertz CT molecular complexity index is 592. The van der Waals surface area contributed by atoms with Crippen LogP contribution in [0.1, 0.15) is 29.6 Å². The molecule has 0 N–H and O–H groups in total. The van der Waals surface area contributed by atoms with Crippen LogP contribution in [-0.2, 0) is 11.8 Å². The predicted octanol–water partition coefficient (Wildman–Crippen LogP) is 2.19. The summed E-state index contributed by atoms with van der Waals surface area (Å²) in [5, 5.41) is 3.87. The van der Waals surface area contributed by atoms with Gasteiger partial charge in [-0.2, -0.15) is 5.10 Å². The van der Waals surface area contributed by atoms with Crippen molar-refractivity contribution >= 4 is 5.97 Å². The molecule has 0 aliphatic rings. The first kappa shape index (κ1) is 13.2.